The van der Waals surface area contributed by atoms with Crippen LogP contribution in [0.25, 0.3) is 22.1 Å². The van der Waals surface area contributed by atoms with Gasteiger partial charge < -0.3 is 4.42 Å². The summed E-state index contributed by atoms with van der Waals surface area (Å²) in [7, 11) is 0. The van der Waals surface area contributed by atoms with Crippen LogP contribution in [0.3, 0.4) is 0 Å². The van der Waals surface area contributed by atoms with Gasteiger partial charge in [0, 0.05) is 11.1 Å². The normalized spacial score (nSPS) is 10.4. The predicted octanol–water partition coefficient (Wildman–Crippen LogP) is 2.90. The van der Waals surface area contributed by atoms with Crippen molar-refractivity contribution in [2.45, 2.75) is 0 Å². The van der Waals surface area contributed by atoms with Crippen LogP contribution in [0.5, 0.6) is 0 Å². The molecule has 2 aromatic carbocycles. The van der Waals surface area contributed by atoms with Crippen LogP contribution in [0, 0.1) is 0 Å². The lowest BCUT2D eigenvalue weighted by molar-refractivity contribution is 0.109. The minimum Gasteiger partial charge on any atom is -0.452 e. The smallest absolute Gasteiger partial charge is 0.202 e. The van der Waals surface area contributed by atoms with Crippen LogP contribution in [0.2, 0.25) is 0 Å². The summed E-state index contributed by atoms with van der Waals surface area (Å²) in [5.74, 6) is -0.121. The highest BCUT2D eigenvalue weighted by Gasteiger charge is 2.19. The molecule has 1 heterocycles. The summed E-state index contributed by atoms with van der Waals surface area (Å²) in [6.45, 7) is 0. The van der Waals surface area contributed by atoms with Gasteiger partial charge >= 0.3 is 0 Å². The van der Waals surface area contributed by atoms with E-state index in [1.165, 1.54) is 12.1 Å². The molecule has 23 heavy (non-hydrogen) atoms. The number of benzene rings is 2. The van der Waals surface area contributed by atoms with Gasteiger partial charge in [-0.1, -0.05) is 30.3 Å². The van der Waals surface area contributed by atoms with Crippen LogP contribution in [-0.2, 0) is 0 Å². The zero-order valence-corrected chi connectivity index (χ0v) is 11.8. The van der Waals surface area contributed by atoms with Gasteiger partial charge in [-0.05, 0) is 17.7 Å². The Morgan fingerprint density at radius 2 is 1.57 bits per heavy atom. The van der Waals surface area contributed by atoms with E-state index in [2.05, 4.69) is 0 Å². The van der Waals surface area contributed by atoms with Crippen molar-refractivity contribution < 1.29 is 18.8 Å². The molecule has 1 aromatic heterocycles. The van der Waals surface area contributed by atoms with E-state index >= 15 is 0 Å². The van der Waals surface area contributed by atoms with Crippen molar-refractivity contribution in [2.75, 3.05) is 0 Å². The molecule has 5 nitrogen and oxygen atoms in total. The van der Waals surface area contributed by atoms with Gasteiger partial charge in [-0.2, -0.15) is 0 Å². The van der Waals surface area contributed by atoms with Gasteiger partial charge in [0.15, 0.2) is 24.6 Å². The standard InChI is InChI=1S/C18H10O5/c19-8-12-6-7-14-17(13(12)9-20)18(22)16(15(10-21)23-14)11-4-2-1-3-5-11/h1-10H. The predicted molar refractivity (Wildman–Crippen MR) is 84.1 cm³/mol. The molecule has 3 rings (SSSR count). The highest BCUT2D eigenvalue weighted by atomic mass is 16.3. The van der Waals surface area contributed by atoms with Crippen molar-refractivity contribution in [3.63, 3.8) is 0 Å². The van der Waals surface area contributed by atoms with Gasteiger partial charge in [-0.15, -0.1) is 0 Å². The number of hydrogen-bond acceptors (Lipinski definition) is 5. The third-order valence-corrected chi connectivity index (χ3v) is 3.58. The Morgan fingerprint density at radius 3 is 2.17 bits per heavy atom. The van der Waals surface area contributed by atoms with Crippen molar-refractivity contribution >= 4 is 29.8 Å². The molecular weight excluding hydrogens is 296 g/mol. The van der Waals surface area contributed by atoms with Gasteiger partial charge in [0.2, 0.25) is 5.43 Å². The van der Waals surface area contributed by atoms with Crippen LogP contribution in [0.15, 0.2) is 51.7 Å². The van der Waals surface area contributed by atoms with Gasteiger partial charge in [-0.3, -0.25) is 19.2 Å². The summed E-state index contributed by atoms with van der Waals surface area (Å²) < 4.78 is 5.48. The first kappa shape index (κ1) is 14.6. The summed E-state index contributed by atoms with van der Waals surface area (Å²) in [6.07, 6.45) is 1.40. The van der Waals surface area contributed by atoms with Crippen molar-refractivity contribution in [3.05, 3.63) is 69.6 Å². The lowest BCUT2D eigenvalue weighted by atomic mass is 9.98. The second-order valence-corrected chi connectivity index (χ2v) is 4.83. The van der Waals surface area contributed by atoms with E-state index in [0.29, 0.717) is 24.4 Å². The van der Waals surface area contributed by atoms with E-state index in [0.717, 1.165) is 0 Å². The number of hydrogen-bond donors (Lipinski definition) is 0. The lowest BCUT2D eigenvalue weighted by Gasteiger charge is -2.08. The van der Waals surface area contributed by atoms with E-state index < -0.39 is 5.43 Å². The lowest BCUT2D eigenvalue weighted by Crippen LogP contribution is -2.12. The van der Waals surface area contributed by atoms with Crippen LogP contribution in [0.4, 0.5) is 0 Å². The summed E-state index contributed by atoms with van der Waals surface area (Å²) in [4.78, 5) is 46.6. The number of fused-ring (bicyclic) bond motifs is 1. The molecule has 5 heteroatoms. The molecular formula is C18H10O5. The maximum Gasteiger partial charge on any atom is 0.202 e. The largest absolute Gasteiger partial charge is 0.452 e. The Kier molecular flexibility index (Phi) is 3.68. The molecule has 0 aliphatic rings. The molecule has 0 fully saturated rings. The summed E-state index contributed by atoms with van der Waals surface area (Å²) in [5.41, 5.74) is 0.186. The number of rotatable bonds is 4. The van der Waals surface area contributed by atoms with Gasteiger partial charge in [-0.25, -0.2) is 0 Å². The molecule has 0 saturated heterocycles. The van der Waals surface area contributed by atoms with Gasteiger partial charge in [0.1, 0.15) is 5.58 Å². The monoisotopic (exact) mass is 306 g/mol. The third-order valence-electron chi connectivity index (χ3n) is 3.58. The van der Waals surface area contributed by atoms with Gasteiger partial charge in [0.05, 0.1) is 10.9 Å². The molecule has 0 amide bonds. The van der Waals surface area contributed by atoms with Crippen molar-refractivity contribution in [1.29, 1.82) is 0 Å². The maximum atomic E-state index is 12.9. The fourth-order valence-corrected chi connectivity index (χ4v) is 2.53. The molecule has 3 aromatic rings. The molecule has 0 unspecified atom stereocenters. The molecule has 0 saturated carbocycles. The topological polar surface area (TPSA) is 81.4 Å². The first-order valence-corrected chi connectivity index (χ1v) is 6.76. The van der Waals surface area contributed by atoms with E-state index in [1.807, 2.05) is 0 Å². The zero-order valence-electron chi connectivity index (χ0n) is 11.8. The number of aldehydes is 3. The molecule has 0 aliphatic heterocycles. The fraction of sp³-hybridized carbons (Fsp3) is 0. The first-order valence-electron chi connectivity index (χ1n) is 6.76. The number of carbonyl (C=O) groups excluding carboxylic acids is 3. The molecule has 0 spiro atoms. The SMILES string of the molecule is O=Cc1ccc2oc(C=O)c(-c3ccccc3)c(=O)c2c1C=O. The van der Waals surface area contributed by atoms with Crippen molar-refractivity contribution in [1.82, 2.24) is 0 Å². The average molecular weight is 306 g/mol. The Balaban J connectivity index is 2.52. The molecule has 112 valence electrons. The quantitative estimate of drug-likeness (QED) is 0.692. The fourth-order valence-electron chi connectivity index (χ4n) is 2.53. The molecule has 0 radical (unpaired) electrons. The summed E-state index contributed by atoms with van der Waals surface area (Å²) in [5, 5.41) is -0.00551. The summed E-state index contributed by atoms with van der Waals surface area (Å²) >= 11 is 0. The Bertz CT molecular complexity index is 984. The van der Waals surface area contributed by atoms with E-state index in [-0.39, 0.29) is 33.4 Å². The van der Waals surface area contributed by atoms with Crippen molar-refractivity contribution in [3.8, 4) is 11.1 Å². The minimum atomic E-state index is -0.523. The van der Waals surface area contributed by atoms with Crippen LogP contribution >= 0.6 is 0 Å². The average Bonchev–Trinajstić information content (AvgIpc) is 2.61. The second-order valence-electron chi connectivity index (χ2n) is 4.83. The molecule has 0 N–H and O–H groups in total. The molecule has 0 bridgehead atoms. The van der Waals surface area contributed by atoms with Crippen molar-refractivity contribution in [2.24, 2.45) is 0 Å². The van der Waals surface area contributed by atoms with Crippen LogP contribution in [0.1, 0.15) is 31.3 Å². The molecule has 0 aliphatic carbocycles. The highest BCUT2D eigenvalue weighted by Crippen LogP contribution is 2.25. The van der Waals surface area contributed by atoms with E-state index in [9.17, 15) is 19.2 Å². The number of carbonyl (C=O) groups is 3. The van der Waals surface area contributed by atoms with Gasteiger partial charge in [0.25, 0.3) is 0 Å². The first-order chi connectivity index (χ1) is 11.2. The zero-order chi connectivity index (χ0) is 16.4. The Labute approximate surface area is 130 Å². The minimum absolute atomic E-state index is 0.00551. The molecule has 0 atom stereocenters. The second kappa shape index (κ2) is 5.81. The Hall–Kier alpha value is -3.34. The van der Waals surface area contributed by atoms with Crippen LogP contribution in [-0.4, -0.2) is 18.9 Å². The van der Waals surface area contributed by atoms with Crippen LogP contribution < -0.4 is 5.43 Å². The summed E-state index contributed by atoms with van der Waals surface area (Å²) in [6, 6.07) is 11.3. The Morgan fingerprint density at radius 1 is 0.826 bits per heavy atom. The maximum absolute atomic E-state index is 12.9. The third kappa shape index (κ3) is 2.28. The van der Waals surface area contributed by atoms with E-state index in [1.54, 1.807) is 30.3 Å². The highest BCUT2D eigenvalue weighted by molar-refractivity contribution is 6.05. The van der Waals surface area contributed by atoms with E-state index in [4.69, 9.17) is 4.42 Å².